The predicted molar refractivity (Wildman–Crippen MR) is 104 cm³/mol. The van der Waals surface area contributed by atoms with Crippen LogP contribution in [0, 0.1) is 0 Å². The van der Waals surface area contributed by atoms with Crippen molar-refractivity contribution in [2.75, 3.05) is 0 Å². The molecule has 0 aliphatic carbocycles. The van der Waals surface area contributed by atoms with Gasteiger partial charge in [-0.05, 0) is 42.0 Å². The fraction of sp³-hybridized carbons (Fsp3) is 0.0435. The maximum absolute atomic E-state index is 12.6. The molecule has 0 aliphatic heterocycles. The second-order valence-electron chi connectivity index (χ2n) is 6.02. The summed E-state index contributed by atoms with van der Waals surface area (Å²) >= 11 is 0. The Labute approximate surface area is 157 Å². The number of aromatic nitrogens is 1. The van der Waals surface area contributed by atoms with Crippen molar-refractivity contribution in [1.82, 2.24) is 4.98 Å². The number of hydrogen-bond acceptors (Lipinski definition) is 4. The number of esters is 1. The first kappa shape index (κ1) is 16.8. The van der Waals surface area contributed by atoms with Gasteiger partial charge < -0.3 is 9.47 Å². The van der Waals surface area contributed by atoms with E-state index >= 15 is 0 Å². The van der Waals surface area contributed by atoms with Crippen LogP contribution in [0.25, 0.3) is 10.9 Å². The quantitative estimate of drug-likeness (QED) is 0.372. The van der Waals surface area contributed by atoms with Gasteiger partial charge in [0.25, 0.3) is 0 Å². The van der Waals surface area contributed by atoms with E-state index in [1.54, 1.807) is 30.5 Å². The fourth-order valence-corrected chi connectivity index (χ4v) is 2.75. The van der Waals surface area contributed by atoms with E-state index in [1.807, 2.05) is 60.7 Å². The average Bonchev–Trinajstić information content (AvgIpc) is 2.73. The van der Waals surface area contributed by atoms with Gasteiger partial charge in [-0.3, -0.25) is 4.98 Å². The second kappa shape index (κ2) is 7.70. The Kier molecular flexibility index (Phi) is 4.79. The SMILES string of the molecule is O=C(Oc1ccccc1OCc1ccccc1)c1ccc2ncccc2c1. The highest BCUT2D eigenvalue weighted by Crippen LogP contribution is 2.28. The van der Waals surface area contributed by atoms with Crippen molar-refractivity contribution in [1.29, 1.82) is 0 Å². The summed E-state index contributed by atoms with van der Waals surface area (Å²) < 4.78 is 11.4. The number of carbonyl (C=O) groups is 1. The molecule has 0 aliphatic rings. The Morgan fingerprint density at radius 3 is 2.44 bits per heavy atom. The first-order valence-corrected chi connectivity index (χ1v) is 8.62. The van der Waals surface area contributed by atoms with Crippen LogP contribution in [0.15, 0.2) is 91.1 Å². The van der Waals surface area contributed by atoms with Gasteiger partial charge in [0.15, 0.2) is 11.5 Å². The van der Waals surface area contributed by atoms with Gasteiger partial charge in [-0.25, -0.2) is 4.79 Å². The molecule has 0 saturated heterocycles. The summed E-state index contributed by atoms with van der Waals surface area (Å²) in [6, 6.07) is 26.1. The standard InChI is InChI=1S/C23H17NO3/c25-23(19-12-13-20-18(15-19)9-6-14-24-20)27-22-11-5-4-10-21(22)26-16-17-7-2-1-3-8-17/h1-15H,16H2. The predicted octanol–water partition coefficient (Wildman–Crippen LogP) is 5.03. The van der Waals surface area contributed by atoms with E-state index < -0.39 is 5.97 Å². The molecule has 0 radical (unpaired) electrons. The molecule has 0 bridgehead atoms. The molecule has 0 atom stereocenters. The third kappa shape index (κ3) is 3.96. The minimum Gasteiger partial charge on any atom is -0.485 e. The fourth-order valence-electron chi connectivity index (χ4n) is 2.75. The molecule has 27 heavy (non-hydrogen) atoms. The molecule has 4 rings (SSSR count). The molecule has 132 valence electrons. The van der Waals surface area contributed by atoms with Crippen LogP contribution in [0.2, 0.25) is 0 Å². The molecular formula is C23H17NO3. The van der Waals surface area contributed by atoms with E-state index in [9.17, 15) is 4.79 Å². The molecule has 1 aromatic heterocycles. The van der Waals surface area contributed by atoms with E-state index in [-0.39, 0.29) is 0 Å². The molecule has 0 spiro atoms. The molecule has 0 amide bonds. The largest absolute Gasteiger partial charge is 0.485 e. The van der Waals surface area contributed by atoms with Gasteiger partial charge in [0, 0.05) is 11.6 Å². The van der Waals surface area contributed by atoms with Crippen LogP contribution in [0.3, 0.4) is 0 Å². The van der Waals surface area contributed by atoms with E-state index in [2.05, 4.69) is 4.98 Å². The lowest BCUT2D eigenvalue weighted by Gasteiger charge is -2.12. The number of nitrogens with zero attached hydrogens (tertiary/aromatic N) is 1. The first-order chi connectivity index (χ1) is 13.3. The van der Waals surface area contributed by atoms with E-state index in [4.69, 9.17) is 9.47 Å². The molecule has 0 N–H and O–H groups in total. The molecule has 0 unspecified atom stereocenters. The summed E-state index contributed by atoms with van der Waals surface area (Å²) in [5.74, 6) is 0.485. The van der Waals surface area contributed by atoms with Crippen LogP contribution < -0.4 is 9.47 Å². The Hall–Kier alpha value is -3.66. The zero-order chi connectivity index (χ0) is 18.5. The van der Waals surface area contributed by atoms with Gasteiger partial charge in [0.05, 0.1) is 11.1 Å². The molecular weight excluding hydrogens is 338 g/mol. The van der Waals surface area contributed by atoms with Crippen LogP contribution >= 0.6 is 0 Å². The van der Waals surface area contributed by atoms with Gasteiger partial charge in [-0.1, -0.05) is 48.5 Å². The summed E-state index contributed by atoms with van der Waals surface area (Å²) in [5.41, 5.74) is 2.34. The Bertz CT molecular complexity index is 1080. The monoisotopic (exact) mass is 355 g/mol. The second-order valence-corrected chi connectivity index (χ2v) is 6.02. The first-order valence-electron chi connectivity index (χ1n) is 8.62. The molecule has 4 aromatic rings. The Morgan fingerprint density at radius 1 is 0.815 bits per heavy atom. The molecule has 4 heteroatoms. The van der Waals surface area contributed by atoms with Crippen molar-refractivity contribution >= 4 is 16.9 Å². The molecule has 4 nitrogen and oxygen atoms in total. The van der Waals surface area contributed by atoms with Gasteiger partial charge in [0.1, 0.15) is 6.61 Å². The molecule has 3 aromatic carbocycles. The normalized spacial score (nSPS) is 10.5. The number of carbonyl (C=O) groups excluding carboxylic acids is 1. The third-order valence-electron chi connectivity index (χ3n) is 4.13. The van der Waals surface area contributed by atoms with Crippen LogP contribution in [0.4, 0.5) is 0 Å². The number of hydrogen-bond donors (Lipinski definition) is 0. The molecule has 1 heterocycles. The van der Waals surface area contributed by atoms with Crippen LogP contribution in [-0.2, 0) is 6.61 Å². The number of rotatable bonds is 5. The maximum atomic E-state index is 12.6. The highest BCUT2D eigenvalue weighted by atomic mass is 16.6. The lowest BCUT2D eigenvalue weighted by molar-refractivity contribution is 0.0728. The van der Waals surface area contributed by atoms with Crippen molar-refractivity contribution in [3.63, 3.8) is 0 Å². The van der Waals surface area contributed by atoms with Crippen molar-refractivity contribution < 1.29 is 14.3 Å². The Morgan fingerprint density at radius 2 is 1.59 bits per heavy atom. The zero-order valence-corrected chi connectivity index (χ0v) is 14.5. The minimum absolute atomic E-state index is 0.393. The van der Waals surface area contributed by atoms with Gasteiger partial charge in [-0.15, -0.1) is 0 Å². The number of fused-ring (bicyclic) bond motifs is 1. The van der Waals surface area contributed by atoms with E-state index in [0.29, 0.717) is 23.7 Å². The highest BCUT2D eigenvalue weighted by molar-refractivity contribution is 5.95. The molecule has 0 saturated carbocycles. The van der Waals surface area contributed by atoms with Crippen molar-refractivity contribution in [3.05, 3.63) is 102 Å². The summed E-state index contributed by atoms with van der Waals surface area (Å²) in [4.78, 5) is 16.8. The van der Waals surface area contributed by atoms with Crippen LogP contribution in [-0.4, -0.2) is 11.0 Å². The summed E-state index contributed by atoms with van der Waals surface area (Å²) in [5, 5.41) is 0.889. The minimum atomic E-state index is -0.434. The smallest absolute Gasteiger partial charge is 0.343 e. The lowest BCUT2D eigenvalue weighted by Crippen LogP contribution is -2.09. The lowest BCUT2D eigenvalue weighted by atomic mass is 10.1. The number of ether oxygens (including phenoxy) is 2. The van der Waals surface area contributed by atoms with Crippen molar-refractivity contribution in [3.8, 4) is 11.5 Å². The van der Waals surface area contributed by atoms with Crippen LogP contribution in [0.1, 0.15) is 15.9 Å². The van der Waals surface area contributed by atoms with Gasteiger partial charge in [0.2, 0.25) is 0 Å². The van der Waals surface area contributed by atoms with Crippen molar-refractivity contribution in [2.24, 2.45) is 0 Å². The molecule has 0 fully saturated rings. The number of para-hydroxylation sites is 2. The summed E-state index contributed by atoms with van der Waals surface area (Å²) in [7, 11) is 0. The number of pyridine rings is 1. The Balaban J connectivity index is 1.52. The third-order valence-corrected chi connectivity index (χ3v) is 4.13. The van der Waals surface area contributed by atoms with Crippen LogP contribution in [0.5, 0.6) is 11.5 Å². The highest BCUT2D eigenvalue weighted by Gasteiger charge is 2.13. The zero-order valence-electron chi connectivity index (χ0n) is 14.5. The number of benzene rings is 3. The van der Waals surface area contributed by atoms with Gasteiger partial charge in [-0.2, -0.15) is 0 Å². The van der Waals surface area contributed by atoms with Gasteiger partial charge >= 0.3 is 5.97 Å². The van der Waals surface area contributed by atoms with E-state index in [1.165, 1.54) is 0 Å². The van der Waals surface area contributed by atoms with E-state index in [0.717, 1.165) is 16.5 Å². The van der Waals surface area contributed by atoms with Crippen molar-refractivity contribution in [2.45, 2.75) is 6.61 Å². The maximum Gasteiger partial charge on any atom is 0.343 e. The summed E-state index contributed by atoms with van der Waals surface area (Å²) in [6.07, 6.45) is 1.72. The summed E-state index contributed by atoms with van der Waals surface area (Å²) in [6.45, 7) is 0.400. The average molecular weight is 355 g/mol. The topological polar surface area (TPSA) is 48.4 Å².